The van der Waals surface area contributed by atoms with E-state index >= 15 is 0 Å². The van der Waals surface area contributed by atoms with E-state index in [0.717, 1.165) is 37.4 Å². The predicted molar refractivity (Wildman–Crippen MR) is 92.6 cm³/mol. The summed E-state index contributed by atoms with van der Waals surface area (Å²) in [5.74, 6) is 1.04. The van der Waals surface area contributed by atoms with Crippen LogP contribution in [0.2, 0.25) is 0 Å². The topological polar surface area (TPSA) is 83.3 Å². The van der Waals surface area contributed by atoms with Crippen molar-refractivity contribution < 1.29 is 9.47 Å². The molecule has 0 bridgehead atoms. The summed E-state index contributed by atoms with van der Waals surface area (Å²) in [7, 11) is 0. The summed E-state index contributed by atoms with van der Waals surface area (Å²) in [5, 5.41) is 12.0. The maximum Gasteiger partial charge on any atom is 0.229 e. The van der Waals surface area contributed by atoms with Crippen molar-refractivity contribution in [2.45, 2.75) is 18.6 Å². The molecule has 4 rings (SSSR count). The molecule has 128 valence electrons. The normalized spacial score (nSPS) is 18.9. The number of nitriles is 1. The summed E-state index contributed by atoms with van der Waals surface area (Å²) in [6.45, 7) is 3.05. The zero-order valence-corrected chi connectivity index (χ0v) is 13.8. The summed E-state index contributed by atoms with van der Waals surface area (Å²) in [6, 6.07) is 11.2. The molecule has 2 fully saturated rings. The third kappa shape index (κ3) is 3.40. The van der Waals surface area contributed by atoms with E-state index in [0.29, 0.717) is 24.7 Å². The molecule has 2 saturated heterocycles. The monoisotopic (exact) mass is 337 g/mol. The van der Waals surface area contributed by atoms with E-state index in [9.17, 15) is 0 Å². The molecule has 7 heteroatoms. The fourth-order valence-electron chi connectivity index (χ4n) is 3.20. The van der Waals surface area contributed by atoms with E-state index in [1.165, 1.54) is 0 Å². The van der Waals surface area contributed by atoms with Gasteiger partial charge in [-0.15, -0.1) is 0 Å². The van der Waals surface area contributed by atoms with Crippen LogP contribution in [0.1, 0.15) is 18.4 Å². The molecule has 25 heavy (non-hydrogen) atoms. The number of nitrogens with zero attached hydrogens (tertiary/aromatic N) is 4. The van der Waals surface area contributed by atoms with Crippen LogP contribution in [-0.2, 0) is 9.47 Å². The molecule has 0 saturated carbocycles. The van der Waals surface area contributed by atoms with Crippen molar-refractivity contribution >= 4 is 17.5 Å². The number of piperidine rings is 1. The molecule has 0 aliphatic carbocycles. The molecule has 1 N–H and O–H groups in total. The van der Waals surface area contributed by atoms with Crippen LogP contribution >= 0.6 is 0 Å². The zero-order valence-electron chi connectivity index (χ0n) is 13.8. The SMILES string of the molecule is N#Cc1ccc(Nc2nccc(N3CCC4(CC3)OCCO4)n2)cc1. The Balaban J connectivity index is 1.43. The second-order valence-corrected chi connectivity index (χ2v) is 6.15. The van der Waals surface area contributed by atoms with Gasteiger partial charge < -0.3 is 19.7 Å². The molecular weight excluding hydrogens is 318 g/mol. The molecule has 0 unspecified atom stereocenters. The lowest BCUT2D eigenvalue weighted by atomic mass is 10.0. The molecule has 1 aromatic carbocycles. The van der Waals surface area contributed by atoms with Gasteiger partial charge in [0.05, 0.1) is 24.8 Å². The molecule has 2 aliphatic rings. The van der Waals surface area contributed by atoms with Gasteiger partial charge in [-0.2, -0.15) is 10.2 Å². The van der Waals surface area contributed by atoms with Crippen LogP contribution in [0.25, 0.3) is 0 Å². The quantitative estimate of drug-likeness (QED) is 0.921. The first-order chi connectivity index (χ1) is 12.3. The van der Waals surface area contributed by atoms with Crippen molar-refractivity contribution in [2.75, 3.05) is 36.5 Å². The van der Waals surface area contributed by atoms with E-state index in [1.54, 1.807) is 18.3 Å². The van der Waals surface area contributed by atoms with Crippen LogP contribution in [0.15, 0.2) is 36.5 Å². The maximum atomic E-state index is 8.86. The fourth-order valence-corrected chi connectivity index (χ4v) is 3.20. The number of anilines is 3. The Morgan fingerprint density at radius 3 is 2.48 bits per heavy atom. The lowest BCUT2D eigenvalue weighted by molar-refractivity contribution is -0.169. The fraction of sp³-hybridized carbons (Fsp3) is 0.389. The van der Waals surface area contributed by atoms with Gasteiger partial charge in [0.25, 0.3) is 0 Å². The first-order valence-corrected chi connectivity index (χ1v) is 8.39. The lowest BCUT2D eigenvalue weighted by Crippen LogP contribution is -2.45. The standard InChI is InChI=1S/C18H19N5O2/c19-13-14-1-3-15(4-2-14)21-17-20-8-5-16(22-17)23-9-6-18(7-10-23)24-11-12-25-18/h1-5,8H,6-7,9-12H2,(H,20,21,22). The summed E-state index contributed by atoms with van der Waals surface area (Å²) in [6.07, 6.45) is 3.44. The first kappa shape index (κ1) is 15.8. The highest BCUT2D eigenvalue weighted by Gasteiger charge is 2.40. The zero-order chi connectivity index (χ0) is 17.1. The maximum absolute atomic E-state index is 8.86. The number of aromatic nitrogens is 2. The smallest absolute Gasteiger partial charge is 0.229 e. The van der Waals surface area contributed by atoms with Crippen molar-refractivity contribution in [3.63, 3.8) is 0 Å². The van der Waals surface area contributed by atoms with E-state index in [-0.39, 0.29) is 5.79 Å². The van der Waals surface area contributed by atoms with Gasteiger partial charge in [0, 0.05) is 37.8 Å². The largest absolute Gasteiger partial charge is 0.356 e. The third-order valence-electron chi connectivity index (χ3n) is 4.57. The minimum atomic E-state index is -0.382. The summed E-state index contributed by atoms with van der Waals surface area (Å²) in [4.78, 5) is 11.1. The second-order valence-electron chi connectivity index (χ2n) is 6.15. The Labute approximate surface area is 146 Å². The van der Waals surface area contributed by atoms with Gasteiger partial charge in [-0.25, -0.2) is 4.98 Å². The molecule has 3 heterocycles. The van der Waals surface area contributed by atoms with Gasteiger partial charge in [0.1, 0.15) is 5.82 Å². The van der Waals surface area contributed by atoms with E-state index < -0.39 is 0 Å². The van der Waals surface area contributed by atoms with Crippen LogP contribution in [-0.4, -0.2) is 42.1 Å². The summed E-state index contributed by atoms with van der Waals surface area (Å²) >= 11 is 0. The number of benzene rings is 1. The van der Waals surface area contributed by atoms with E-state index in [2.05, 4.69) is 26.3 Å². The van der Waals surface area contributed by atoms with Crippen LogP contribution in [0, 0.1) is 11.3 Å². The number of hydrogen-bond acceptors (Lipinski definition) is 7. The van der Waals surface area contributed by atoms with Crippen LogP contribution in [0.5, 0.6) is 0 Å². The predicted octanol–water partition coefficient (Wildman–Crippen LogP) is 2.44. The average molecular weight is 337 g/mol. The van der Waals surface area contributed by atoms with Gasteiger partial charge >= 0.3 is 0 Å². The van der Waals surface area contributed by atoms with Crippen LogP contribution < -0.4 is 10.2 Å². The Hall–Kier alpha value is -2.69. The Morgan fingerprint density at radius 2 is 1.80 bits per heavy atom. The minimum absolute atomic E-state index is 0.382. The molecule has 2 aromatic rings. The Kier molecular flexibility index (Phi) is 4.22. The Bertz CT molecular complexity index is 771. The number of nitrogens with one attached hydrogen (secondary N) is 1. The van der Waals surface area contributed by atoms with E-state index in [1.807, 2.05) is 18.2 Å². The number of rotatable bonds is 3. The van der Waals surface area contributed by atoms with E-state index in [4.69, 9.17) is 14.7 Å². The molecule has 0 amide bonds. The lowest BCUT2D eigenvalue weighted by Gasteiger charge is -2.38. The molecular formula is C18H19N5O2. The number of hydrogen-bond donors (Lipinski definition) is 1. The van der Waals surface area contributed by atoms with Crippen molar-refractivity contribution in [1.82, 2.24) is 9.97 Å². The second kappa shape index (κ2) is 6.67. The van der Waals surface area contributed by atoms with Crippen molar-refractivity contribution in [3.05, 3.63) is 42.1 Å². The van der Waals surface area contributed by atoms with Gasteiger partial charge in [0.15, 0.2) is 5.79 Å². The summed E-state index contributed by atoms with van der Waals surface area (Å²) in [5.41, 5.74) is 1.47. The number of ether oxygens (including phenoxy) is 2. The molecule has 1 aromatic heterocycles. The third-order valence-corrected chi connectivity index (χ3v) is 4.57. The molecule has 2 aliphatic heterocycles. The van der Waals surface area contributed by atoms with Gasteiger partial charge in [-0.3, -0.25) is 0 Å². The molecule has 7 nitrogen and oxygen atoms in total. The van der Waals surface area contributed by atoms with Gasteiger partial charge in [0.2, 0.25) is 5.95 Å². The van der Waals surface area contributed by atoms with Gasteiger partial charge in [-0.05, 0) is 30.3 Å². The highest BCUT2D eigenvalue weighted by molar-refractivity contribution is 5.56. The van der Waals surface area contributed by atoms with Crippen molar-refractivity contribution in [3.8, 4) is 6.07 Å². The van der Waals surface area contributed by atoms with Crippen molar-refractivity contribution in [1.29, 1.82) is 5.26 Å². The van der Waals surface area contributed by atoms with Crippen molar-refractivity contribution in [2.24, 2.45) is 0 Å². The summed E-state index contributed by atoms with van der Waals surface area (Å²) < 4.78 is 11.5. The first-order valence-electron chi connectivity index (χ1n) is 8.39. The minimum Gasteiger partial charge on any atom is -0.356 e. The molecule has 1 spiro atoms. The molecule has 0 radical (unpaired) electrons. The highest BCUT2D eigenvalue weighted by Crippen LogP contribution is 2.32. The van der Waals surface area contributed by atoms with Gasteiger partial charge in [-0.1, -0.05) is 0 Å². The molecule has 0 atom stereocenters. The average Bonchev–Trinajstić information content (AvgIpc) is 3.11. The van der Waals surface area contributed by atoms with Crippen LogP contribution in [0.3, 0.4) is 0 Å². The highest BCUT2D eigenvalue weighted by atomic mass is 16.7. The van der Waals surface area contributed by atoms with Crippen LogP contribution in [0.4, 0.5) is 17.5 Å². The Morgan fingerprint density at radius 1 is 1.08 bits per heavy atom.